The molecule has 0 radical (unpaired) electrons. The Morgan fingerprint density at radius 1 is 0.971 bits per heavy atom. The molecule has 1 fully saturated rings. The molecule has 0 saturated carbocycles. The predicted octanol–water partition coefficient (Wildman–Crippen LogP) is 4.73. The van der Waals surface area contributed by atoms with E-state index < -0.39 is 48.4 Å². The molecule has 17 heteroatoms. The van der Waals surface area contributed by atoms with Gasteiger partial charge >= 0.3 is 23.5 Å². The third-order valence-electron chi connectivity index (χ3n) is 4.23. The van der Waals surface area contributed by atoms with Gasteiger partial charge in [0.2, 0.25) is 0 Å². The lowest BCUT2D eigenvalue weighted by molar-refractivity contribution is -0.0497. The summed E-state index contributed by atoms with van der Waals surface area (Å²) in [6, 6.07) is 16.7. The molecule has 0 bridgehead atoms. The van der Waals surface area contributed by atoms with Crippen LogP contribution in [0.5, 0.6) is 0 Å². The lowest BCUT2D eigenvalue weighted by Gasteiger charge is -2.23. The average molecular weight is 592 g/mol. The van der Waals surface area contributed by atoms with Gasteiger partial charge in [-0.3, -0.25) is 4.52 Å². The third-order valence-corrected chi connectivity index (χ3v) is 10.00. The molecule has 198 valence electrons. The highest BCUT2D eigenvalue weighted by Crippen LogP contribution is 2.66. The van der Waals surface area contributed by atoms with Crippen LogP contribution in [0, 0.1) is 0 Å². The van der Waals surface area contributed by atoms with E-state index >= 15 is 0 Å². The van der Waals surface area contributed by atoms with Crippen LogP contribution in [-0.4, -0.2) is 50.1 Å². The number of hydrogen-bond donors (Lipinski definition) is 4. The second-order valence-corrected chi connectivity index (χ2v) is 14.2. The monoisotopic (exact) mass is 592 g/mol. The molecule has 0 amide bonds. The Hall–Kier alpha value is -0.270. The van der Waals surface area contributed by atoms with Crippen LogP contribution in [-0.2, 0) is 36.3 Å². The fraction of sp³-hybridized carbons (Fsp3) is 0.444. The number of ether oxygens (including phenoxy) is 2. The summed E-state index contributed by atoms with van der Waals surface area (Å²) in [5.74, 6) is 0. The van der Waals surface area contributed by atoms with Gasteiger partial charge < -0.3 is 29.0 Å². The summed E-state index contributed by atoms with van der Waals surface area (Å²) in [5, 5.41) is 0. The van der Waals surface area contributed by atoms with Crippen LogP contribution >= 0.6 is 45.1 Å². The minimum absolute atomic E-state index is 0.257. The summed E-state index contributed by atoms with van der Waals surface area (Å²) in [6.45, 7) is 1.24. The zero-order chi connectivity index (χ0) is 26.1. The largest absolute Gasteiger partial charge is 0.490 e. The van der Waals surface area contributed by atoms with E-state index in [1.54, 1.807) is 0 Å². The Morgan fingerprint density at radius 2 is 1.54 bits per heavy atom. The van der Waals surface area contributed by atoms with E-state index in [1.807, 2.05) is 67.8 Å². The molecule has 35 heavy (non-hydrogen) atoms. The van der Waals surface area contributed by atoms with Gasteiger partial charge in [-0.1, -0.05) is 76.2 Å². The minimum Gasteiger partial charge on any atom is -0.365 e. The fourth-order valence-electron chi connectivity index (χ4n) is 3.02. The van der Waals surface area contributed by atoms with Gasteiger partial charge in [0.05, 0.1) is 18.8 Å². The second-order valence-electron chi connectivity index (χ2n) is 6.97. The van der Waals surface area contributed by atoms with E-state index in [9.17, 15) is 23.5 Å². The maximum absolute atomic E-state index is 12.1. The molecule has 0 spiro atoms. The summed E-state index contributed by atoms with van der Waals surface area (Å²) >= 11 is 0. The molecular formula is C18H27O12P3S2. The van der Waals surface area contributed by atoms with Crippen LogP contribution in [0.25, 0.3) is 0 Å². The predicted molar refractivity (Wildman–Crippen MR) is 132 cm³/mol. The highest BCUT2D eigenvalue weighted by molar-refractivity contribution is 8.76. The summed E-state index contributed by atoms with van der Waals surface area (Å²) in [4.78, 5) is 36.4. The first-order valence-electron chi connectivity index (χ1n) is 9.97. The van der Waals surface area contributed by atoms with Gasteiger partial charge in [-0.05, 0) is 18.7 Å². The summed E-state index contributed by atoms with van der Waals surface area (Å²) < 4.78 is 58.8. The van der Waals surface area contributed by atoms with Crippen LogP contribution in [0.15, 0.2) is 54.6 Å². The Kier molecular flexibility index (Phi) is 12.4. The summed E-state index contributed by atoms with van der Waals surface area (Å²) in [6.07, 6.45) is 0.353. The molecule has 1 saturated heterocycles. The molecule has 1 aliphatic heterocycles. The zero-order valence-corrected chi connectivity index (χ0v) is 22.9. The standard InChI is InChI=1S/C18H27O12P3S2/c1-14(35-34-2)27-17-12-16(15-10-8-6-4-3-5-7-9-11-15)28-18(17)13-26-32(22,23)30-33(24,25)29-31(19,20)21/h3-11,14,16-18H,12-13H2,1-2H3,(H,22,23)(H,24,25)(H2,19,20,21)/t14-,16+,17+,18+/m0/s1. The normalized spacial score (nSPS) is 24.7. The number of phosphoric acid groups is 3. The zero-order valence-electron chi connectivity index (χ0n) is 18.6. The third kappa shape index (κ3) is 12.2. The smallest absolute Gasteiger partial charge is 0.365 e. The van der Waals surface area contributed by atoms with Gasteiger partial charge in [-0.25, -0.2) is 13.7 Å². The number of rotatable bonds is 12. The van der Waals surface area contributed by atoms with E-state index in [-0.39, 0.29) is 5.44 Å². The van der Waals surface area contributed by atoms with Gasteiger partial charge in [-0.15, -0.1) is 0 Å². The van der Waals surface area contributed by atoms with E-state index in [2.05, 4.69) is 8.62 Å². The van der Waals surface area contributed by atoms with Crippen LogP contribution in [0.1, 0.15) is 25.0 Å². The highest BCUT2D eigenvalue weighted by Gasteiger charge is 2.43. The molecule has 1 heterocycles. The lowest BCUT2D eigenvalue weighted by Crippen LogP contribution is -2.30. The van der Waals surface area contributed by atoms with Crippen molar-refractivity contribution < 1.29 is 55.9 Å². The first-order valence-corrected chi connectivity index (χ1v) is 17.1. The van der Waals surface area contributed by atoms with Gasteiger partial charge in [0.15, 0.2) is 0 Å². The Morgan fingerprint density at radius 3 is 2.09 bits per heavy atom. The van der Waals surface area contributed by atoms with Crippen LogP contribution in [0.3, 0.4) is 0 Å². The van der Waals surface area contributed by atoms with Crippen molar-refractivity contribution in [3.8, 4) is 0 Å². The molecule has 0 aliphatic carbocycles. The van der Waals surface area contributed by atoms with Crippen molar-refractivity contribution in [3.05, 3.63) is 60.2 Å². The van der Waals surface area contributed by atoms with E-state index in [1.165, 1.54) is 21.6 Å². The van der Waals surface area contributed by atoms with Gasteiger partial charge in [0, 0.05) is 6.42 Å². The molecule has 2 rings (SSSR count). The van der Waals surface area contributed by atoms with Crippen molar-refractivity contribution >= 4 is 45.1 Å². The summed E-state index contributed by atoms with van der Waals surface area (Å²) in [5.41, 5.74) is 0.550. The minimum atomic E-state index is -5.61. The maximum Gasteiger partial charge on any atom is 0.490 e. The Labute approximate surface area is 210 Å². The van der Waals surface area contributed by atoms with Gasteiger partial charge in [0.25, 0.3) is 0 Å². The SMILES string of the molecule is CSS[C@@H](C)O[C@@H]1C[C@H](c2ccccccccc2)O[C@@H]1COP(=O)(O)OP(=O)(O)OP(=O)(O)O. The average Bonchev–Trinajstić information content (AvgIpc) is 3.10. The highest BCUT2D eigenvalue weighted by atomic mass is 33.1. The van der Waals surface area contributed by atoms with Crippen molar-refractivity contribution in [1.82, 2.24) is 0 Å². The number of hydrogen-bond acceptors (Lipinski definition) is 10. The quantitative estimate of drug-likeness (QED) is 0.149. The molecular weight excluding hydrogens is 565 g/mol. The van der Waals surface area contributed by atoms with Crippen LogP contribution in [0.2, 0.25) is 0 Å². The van der Waals surface area contributed by atoms with E-state index in [0.717, 1.165) is 5.56 Å². The molecule has 6 atom stereocenters. The molecule has 4 N–H and O–H groups in total. The lowest BCUT2D eigenvalue weighted by atomic mass is 10.1. The fourth-order valence-corrected chi connectivity index (χ4v) is 7.46. The maximum atomic E-state index is 12.1. The Balaban J connectivity index is 2.17. The van der Waals surface area contributed by atoms with Gasteiger partial charge in [0.1, 0.15) is 11.5 Å². The molecule has 2 unspecified atom stereocenters. The van der Waals surface area contributed by atoms with Crippen molar-refractivity contribution in [1.29, 1.82) is 0 Å². The Bertz CT molecular complexity index is 999. The van der Waals surface area contributed by atoms with E-state index in [4.69, 9.17) is 23.8 Å². The second kappa shape index (κ2) is 14.0. The first-order chi connectivity index (χ1) is 16.3. The molecule has 12 nitrogen and oxygen atoms in total. The summed E-state index contributed by atoms with van der Waals surface area (Å²) in [7, 11) is -13.4. The molecule has 0 aromatic heterocycles. The van der Waals surface area contributed by atoms with Gasteiger partial charge in [-0.2, -0.15) is 8.62 Å². The molecule has 1 aromatic carbocycles. The van der Waals surface area contributed by atoms with Crippen molar-refractivity contribution in [2.24, 2.45) is 0 Å². The van der Waals surface area contributed by atoms with E-state index in [0.29, 0.717) is 6.42 Å². The first kappa shape index (κ1) is 31.0. The van der Waals surface area contributed by atoms with Crippen molar-refractivity contribution in [2.45, 2.75) is 37.1 Å². The van der Waals surface area contributed by atoms with Crippen LogP contribution in [0.4, 0.5) is 0 Å². The number of phosphoric ester groups is 1. The van der Waals surface area contributed by atoms with Crippen molar-refractivity contribution in [2.75, 3.05) is 12.9 Å². The van der Waals surface area contributed by atoms with Crippen molar-refractivity contribution in [3.63, 3.8) is 0 Å². The topological polar surface area (TPSA) is 178 Å². The van der Waals surface area contributed by atoms with Crippen LogP contribution < -0.4 is 0 Å². The molecule has 1 aromatic rings. The molecule has 1 aliphatic rings.